The summed E-state index contributed by atoms with van der Waals surface area (Å²) in [6.07, 6.45) is 7.82. The summed E-state index contributed by atoms with van der Waals surface area (Å²) < 4.78 is 0. The first kappa shape index (κ1) is 30.4. The second-order valence-electron chi connectivity index (χ2n) is 6.85. The number of likely N-dealkylation sites (N-methyl/N-ethyl adjacent to an activating group) is 2. The largest absolute Gasteiger partial charge is 0.395 e. The standard InChI is InChI=1S/C23H34N6O5/c1-3-28(11-13-30)9-5-7-19(15-24)22(33)26-17-21(32)18-27-23(34)20(16-25)8-6-10-29(4-2)12-14-31/h5-10,21,30-32H,3-4,11-14,17-18H2,1-2H3,(H,26,33)(H,27,34)/b9-5+,10-6+,19-7-,20-8+. The Balaban J connectivity index is 4.72. The van der Waals surface area contributed by atoms with Gasteiger partial charge in [-0.05, 0) is 50.6 Å². The Morgan fingerprint density at radius 2 is 1.24 bits per heavy atom. The van der Waals surface area contributed by atoms with Crippen LogP contribution >= 0.6 is 0 Å². The first-order chi connectivity index (χ1) is 16.4. The molecule has 5 N–H and O–H groups in total. The number of hydrogen-bond donors (Lipinski definition) is 5. The van der Waals surface area contributed by atoms with Gasteiger partial charge in [-0.2, -0.15) is 10.5 Å². The van der Waals surface area contributed by atoms with Crippen LogP contribution in [0.3, 0.4) is 0 Å². The van der Waals surface area contributed by atoms with Gasteiger partial charge in [-0.3, -0.25) is 9.59 Å². The minimum Gasteiger partial charge on any atom is -0.395 e. The third-order valence-electron chi connectivity index (χ3n) is 4.43. The van der Waals surface area contributed by atoms with E-state index in [0.717, 1.165) is 0 Å². The van der Waals surface area contributed by atoms with Gasteiger partial charge in [0.1, 0.15) is 23.3 Å². The topological polar surface area (TPSA) is 173 Å². The highest BCUT2D eigenvalue weighted by atomic mass is 16.3. The average Bonchev–Trinajstić information content (AvgIpc) is 2.84. The minimum absolute atomic E-state index is 0.0215. The van der Waals surface area contributed by atoms with E-state index in [2.05, 4.69) is 10.6 Å². The van der Waals surface area contributed by atoms with Crippen molar-refractivity contribution < 1.29 is 24.9 Å². The van der Waals surface area contributed by atoms with Gasteiger partial charge in [0.25, 0.3) is 11.8 Å². The summed E-state index contributed by atoms with van der Waals surface area (Å²) in [6.45, 7) is 5.46. The molecule has 1 atom stereocenters. The van der Waals surface area contributed by atoms with Crippen molar-refractivity contribution in [2.24, 2.45) is 0 Å². The quantitative estimate of drug-likeness (QED) is 0.108. The number of nitrogens with one attached hydrogen (secondary N) is 2. The summed E-state index contributed by atoms with van der Waals surface area (Å²) in [5.74, 6) is -1.37. The van der Waals surface area contributed by atoms with Crippen molar-refractivity contribution in [1.29, 1.82) is 10.5 Å². The lowest BCUT2D eigenvalue weighted by atomic mass is 10.2. The number of allylic oxidation sites excluding steroid dienone is 4. The molecule has 0 aromatic carbocycles. The van der Waals surface area contributed by atoms with E-state index in [4.69, 9.17) is 20.7 Å². The van der Waals surface area contributed by atoms with Gasteiger partial charge in [0.05, 0.1) is 19.3 Å². The fourth-order valence-electron chi connectivity index (χ4n) is 2.47. The normalized spacial score (nSPS) is 12.8. The van der Waals surface area contributed by atoms with Gasteiger partial charge in [0, 0.05) is 39.3 Å². The maximum atomic E-state index is 12.1. The monoisotopic (exact) mass is 474 g/mol. The smallest absolute Gasteiger partial charge is 0.262 e. The predicted octanol–water partition coefficient (Wildman–Crippen LogP) is -0.865. The van der Waals surface area contributed by atoms with Crippen LogP contribution < -0.4 is 10.6 Å². The van der Waals surface area contributed by atoms with Crippen molar-refractivity contribution in [3.05, 3.63) is 47.9 Å². The molecule has 0 bridgehead atoms. The van der Waals surface area contributed by atoms with Crippen LogP contribution in [-0.4, -0.2) is 95.5 Å². The molecule has 0 aliphatic rings. The van der Waals surface area contributed by atoms with Crippen LogP contribution in [0, 0.1) is 22.7 Å². The number of aliphatic hydroxyl groups is 3. The van der Waals surface area contributed by atoms with E-state index < -0.39 is 17.9 Å². The van der Waals surface area contributed by atoms with Crippen molar-refractivity contribution in [3.63, 3.8) is 0 Å². The third kappa shape index (κ3) is 13.0. The van der Waals surface area contributed by atoms with E-state index in [1.165, 1.54) is 24.3 Å². The predicted molar refractivity (Wildman–Crippen MR) is 126 cm³/mol. The number of nitrogens with zero attached hydrogens (tertiary/aromatic N) is 4. The number of hydrogen-bond acceptors (Lipinski definition) is 9. The van der Waals surface area contributed by atoms with E-state index in [1.807, 2.05) is 13.8 Å². The van der Waals surface area contributed by atoms with Gasteiger partial charge >= 0.3 is 0 Å². The van der Waals surface area contributed by atoms with Gasteiger partial charge in [0.2, 0.25) is 0 Å². The Kier molecular flexibility index (Phi) is 16.9. The summed E-state index contributed by atoms with van der Waals surface area (Å²) in [6, 6.07) is 3.55. The number of carbonyl (C=O) groups excluding carboxylic acids is 2. The Bertz CT molecular complexity index is 770. The molecule has 0 saturated heterocycles. The number of aliphatic hydroxyl groups excluding tert-OH is 3. The summed E-state index contributed by atoms with van der Waals surface area (Å²) in [4.78, 5) is 27.8. The van der Waals surface area contributed by atoms with E-state index in [0.29, 0.717) is 26.2 Å². The van der Waals surface area contributed by atoms with Crippen molar-refractivity contribution in [2.75, 3.05) is 52.5 Å². The summed E-state index contributed by atoms with van der Waals surface area (Å²) in [5, 5.41) is 51.0. The molecule has 186 valence electrons. The lowest BCUT2D eigenvalue weighted by Gasteiger charge is -2.15. The molecule has 0 spiro atoms. The molecule has 0 aliphatic heterocycles. The molecule has 0 rings (SSSR count). The van der Waals surface area contributed by atoms with Crippen LogP contribution in [0.15, 0.2) is 47.9 Å². The molecule has 0 fully saturated rings. The molecule has 0 aromatic heterocycles. The Morgan fingerprint density at radius 1 is 0.853 bits per heavy atom. The first-order valence-corrected chi connectivity index (χ1v) is 10.9. The Hall–Kier alpha value is -3.64. The second kappa shape index (κ2) is 18.9. The van der Waals surface area contributed by atoms with Gasteiger partial charge in [-0.15, -0.1) is 0 Å². The molecular formula is C23H34N6O5. The van der Waals surface area contributed by atoms with Crippen molar-refractivity contribution >= 4 is 11.8 Å². The van der Waals surface area contributed by atoms with Crippen LogP contribution in [0.2, 0.25) is 0 Å². The number of carbonyl (C=O) groups is 2. The second-order valence-corrected chi connectivity index (χ2v) is 6.85. The van der Waals surface area contributed by atoms with Crippen molar-refractivity contribution in [1.82, 2.24) is 20.4 Å². The zero-order chi connectivity index (χ0) is 25.8. The highest BCUT2D eigenvalue weighted by Gasteiger charge is 2.13. The minimum atomic E-state index is -1.14. The van der Waals surface area contributed by atoms with Gasteiger partial charge in [0.15, 0.2) is 0 Å². The van der Waals surface area contributed by atoms with E-state index >= 15 is 0 Å². The molecule has 0 saturated carbocycles. The van der Waals surface area contributed by atoms with Crippen molar-refractivity contribution in [2.45, 2.75) is 20.0 Å². The molecule has 0 aromatic rings. The summed E-state index contributed by atoms with van der Waals surface area (Å²) in [5.41, 5.74) is -0.340. The number of nitriles is 2. The molecule has 0 aliphatic carbocycles. The zero-order valence-electron chi connectivity index (χ0n) is 19.6. The molecule has 0 heterocycles. The zero-order valence-corrected chi connectivity index (χ0v) is 19.6. The lowest BCUT2D eigenvalue weighted by molar-refractivity contribution is -0.117. The van der Waals surface area contributed by atoms with Gasteiger partial charge < -0.3 is 35.8 Å². The third-order valence-corrected chi connectivity index (χ3v) is 4.43. The lowest BCUT2D eigenvalue weighted by Crippen LogP contribution is -2.40. The molecule has 11 nitrogen and oxygen atoms in total. The number of amides is 2. The van der Waals surface area contributed by atoms with Crippen LogP contribution in [0.4, 0.5) is 0 Å². The maximum Gasteiger partial charge on any atom is 0.262 e. The molecule has 34 heavy (non-hydrogen) atoms. The van der Waals surface area contributed by atoms with E-state index in [-0.39, 0.29) is 37.4 Å². The highest BCUT2D eigenvalue weighted by Crippen LogP contribution is 1.98. The maximum absolute atomic E-state index is 12.1. The van der Waals surface area contributed by atoms with E-state index in [1.54, 1.807) is 34.3 Å². The highest BCUT2D eigenvalue weighted by molar-refractivity contribution is 5.98. The molecule has 1 unspecified atom stereocenters. The Labute approximate surface area is 200 Å². The summed E-state index contributed by atoms with van der Waals surface area (Å²) >= 11 is 0. The molecule has 0 radical (unpaired) electrons. The Morgan fingerprint density at radius 3 is 1.53 bits per heavy atom. The van der Waals surface area contributed by atoms with E-state index in [9.17, 15) is 14.7 Å². The summed E-state index contributed by atoms with van der Waals surface area (Å²) in [7, 11) is 0. The van der Waals surface area contributed by atoms with Crippen molar-refractivity contribution in [3.8, 4) is 12.1 Å². The molecule has 11 heteroatoms. The van der Waals surface area contributed by atoms with Gasteiger partial charge in [-0.25, -0.2) is 0 Å². The average molecular weight is 475 g/mol. The number of rotatable bonds is 16. The van der Waals surface area contributed by atoms with Crippen LogP contribution in [-0.2, 0) is 9.59 Å². The molecule has 2 amide bonds. The SMILES string of the molecule is CCN(/C=C/C=C(/C#N)C(=O)NCC(O)CNC(=O)/C(C#N)=C/C=C/N(CC)CCO)CCO. The fourth-order valence-corrected chi connectivity index (χ4v) is 2.47. The fraction of sp³-hybridized carbons (Fsp3) is 0.478. The van der Waals surface area contributed by atoms with Crippen LogP contribution in [0.25, 0.3) is 0 Å². The first-order valence-electron chi connectivity index (χ1n) is 10.9. The van der Waals surface area contributed by atoms with Crippen LogP contribution in [0.1, 0.15) is 13.8 Å². The van der Waals surface area contributed by atoms with Crippen LogP contribution in [0.5, 0.6) is 0 Å². The van der Waals surface area contributed by atoms with Gasteiger partial charge in [-0.1, -0.05) is 0 Å². The molecular weight excluding hydrogens is 440 g/mol.